The van der Waals surface area contributed by atoms with Crippen molar-refractivity contribution in [2.45, 2.75) is 0 Å². The smallest absolute Gasteiger partial charge is 0.0329 e. The third kappa shape index (κ3) is 3.02. The third-order valence-corrected chi connectivity index (χ3v) is 1.46. The van der Waals surface area contributed by atoms with E-state index in [1.165, 1.54) is 0 Å². The van der Waals surface area contributed by atoms with Crippen LogP contribution in [-0.4, -0.2) is 0 Å². The van der Waals surface area contributed by atoms with Crippen molar-refractivity contribution in [3.8, 4) is 0 Å². The van der Waals surface area contributed by atoms with Gasteiger partial charge in [0.05, 0.1) is 0 Å². The molecule has 0 heterocycles. The first-order valence-electron chi connectivity index (χ1n) is 3.86. The second-order valence-corrected chi connectivity index (χ2v) is 2.59. The zero-order valence-electron chi connectivity index (χ0n) is 7.03. The molecule has 0 bridgehead atoms. The molecule has 60 valence electrons. The molecule has 0 spiro atoms. The standard InChI is InChI=1S/2C6H6/c2*1-6-4-2-3-5-6/h2*2-5H,1H2. The molecule has 0 heteroatoms. The fourth-order valence-corrected chi connectivity index (χ4v) is 0.828. The van der Waals surface area contributed by atoms with Crippen LogP contribution in [0.3, 0.4) is 0 Å². The lowest BCUT2D eigenvalue weighted by molar-refractivity contribution is 1.85. The van der Waals surface area contributed by atoms with Crippen molar-refractivity contribution in [3.63, 3.8) is 0 Å². The quantitative estimate of drug-likeness (QED) is 0.504. The molecule has 0 N–H and O–H groups in total. The van der Waals surface area contributed by atoms with Gasteiger partial charge in [-0.1, -0.05) is 61.8 Å². The van der Waals surface area contributed by atoms with Crippen LogP contribution in [0.5, 0.6) is 0 Å². The number of hydrogen-bond acceptors (Lipinski definition) is 0. The topological polar surface area (TPSA) is 0 Å². The van der Waals surface area contributed by atoms with Gasteiger partial charge in [-0.15, -0.1) is 0 Å². The summed E-state index contributed by atoms with van der Waals surface area (Å²) in [7, 11) is 0. The average molecular weight is 156 g/mol. The fraction of sp³-hybridized carbons (Fsp3) is 0. The van der Waals surface area contributed by atoms with Crippen LogP contribution in [0, 0.1) is 0 Å². The highest BCUT2D eigenvalue weighted by Gasteiger charge is 1.81. The zero-order chi connectivity index (χ0) is 8.81. The first-order chi connectivity index (χ1) is 5.79. The van der Waals surface area contributed by atoms with Crippen molar-refractivity contribution in [2.75, 3.05) is 0 Å². The van der Waals surface area contributed by atoms with Crippen molar-refractivity contribution in [2.24, 2.45) is 0 Å². The van der Waals surface area contributed by atoms with Crippen molar-refractivity contribution in [1.29, 1.82) is 0 Å². The van der Waals surface area contributed by atoms with Crippen LogP contribution in [0.25, 0.3) is 0 Å². The molecule has 0 aliphatic heterocycles. The van der Waals surface area contributed by atoms with Crippen LogP contribution >= 0.6 is 0 Å². The van der Waals surface area contributed by atoms with Gasteiger partial charge in [-0.05, 0) is 11.1 Å². The largest absolute Gasteiger partial charge is 0.0918 e. The van der Waals surface area contributed by atoms with Gasteiger partial charge >= 0.3 is 0 Å². The van der Waals surface area contributed by atoms with Gasteiger partial charge < -0.3 is 0 Å². The summed E-state index contributed by atoms with van der Waals surface area (Å²) in [5.41, 5.74) is 2.19. The molecule has 2 rings (SSSR count). The lowest BCUT2D eigenvalue weighted by Gasteiger charge is -1.71. The molecular weight excluding hydrogens is 144 g/mol. The monoisotopic (exact) mass is 156 g/mol. The zero-order valence-corrected chi connectivity index (χ0v) is 7.03. The summed E-state index contributed by atoms with van der Waals surface area (Å²) >= 11 is 0. The summed E-state index contributed by atoms with van der Waals surface area (Å²) in [5, 5.41) is 0. The summed E-state index contributed by atoms with van der Waals surface area (Å²) in [6.07, 6.45) is 15.8. The Labute approximate surface area is 73.6 Å². The van der Waals surface area contributed by atoms with E-state index in [4.69, 9.17) is 0 Å². The van der Waals surface area contributed by atoms with Gasteiger partial charge in [-0.25, -0.2) is 0 Å². The number of rotatable bonds is 0. The van der Waals surface area contributed by atoms with Gasteiger partial charge in [0.15, 0.2) is 0 Å². The molecule has 0 radical (unpaired) electrons. The predicted octanol–water partition coefficient (Wildman–Crippen LogP) is 3.34. The Balaban J connectivity index is 0.000000120. The van der Waals surface area contributed by atoms with Gasteiger partial charge in [0.25, 0.3) is 0 Å². The van der Waals surface area contributed by atoms with Gasteiger partial charge in [-0.2, -0.15) is 0 Å². The van der Waals surface area contributed by atoms with Crippen LogP contribution in [0.4, 0.5) is 0 Å². The maximum Gasteiger partial charge on any atom is -0.0329 e. The van der Waals surface area contributed by atoms with E-state index >= 15 is 0 Å². The molecule has 0 aromatic rings. The summed E-state index contributed by atoms with van der Waals surface area (Å²) in [4.78, 5) is 0. The molecule has 0 atom stereocenters. The van der Waals surface area contributed by atoms with Crippen LogP contribution < -0.4 is 0 Å². The van der Waals surface area contributed by atoms with E-state index in [9.17, 15) is 0 Å². The van der Waals surface area contributed by atoms with Crippen molar-refractivity contribution in [1.82, 2.24) is 0 Å². The predicted molar refractivity (Wildman–Crippen MR) is 54.8 cm³/mol. The molecule has 0 saturated carbocycles. The third-order valence-electron chi connectivity index (χ3n) is 1.46. The van der Waals surface area contributed by atoms with Crippen LogP contribution in [0.1, 0.15) is 0 Å². The molecule has 0 amide bonds. The molecule has 0 aromatic heterocycles. The highest BCUT2D eigenvalue weighted by molar-refractivity contribution is 5.37. The highest BCUT2D eigenvalue weighted by atomic mass is 13.9. The second-order valence-electron chi connectivity index (χ2n) is 2.59. The molecule has 0 saturated heterocycles. The Morgan fingerprint density at radius 3 is 0.917 bits per heavy atom. The minimum Gasteiger partial charge on any atom is -0.0918 e. The maximum atomic E-state index is 3.68. The molecule has 0 unspecified atom stereocenters. The van der Waals surface area contributed by atoms with Gasteiger partial charge in [-0.3, -0.25) is 0 Å². The Bertz CT molecular complexity index is 236. The Morgan fingerprint density at radius 2 is 0.833 bits per heavy atom. The maximum absolute atomic E-state index is 3.68. The van der Waals surface area contributed by atoms with Crippen molar-refractivity contribution in [3.05, 3.63) is 72.9 Å². The van der Waals surface area contributed by atoms with Crippen molar-refractivity contribution < 1.29 is 0 Å². The van der Waals surface area contributed by atoms with E-state index in [0.29, 0.717) is 0 Å². The fourth-order valence-electron chi connectivity index (χ4n) is 0.828. The second kappa shape index (κ2) is 4.35. The molecule has 0 fully saturated rings. The molecule has 0 aromatic carbocycles. The van der Waals surface area contributed by atoms with Gasteiger partial charge in [0.2, 0.25) is 0 Å². The van der Waals surface area contributed by atoms with E-state index < -0.39 is 0 Å². The first-order valence-corrected chi connectivity index (χ1v) is 3.86. The van der Waals surface area contributed by atoms with E-state index in [1.54, 1.807) is 0 Å². The minimum absolute atomic E-state index is 1.09. The Morgan fingerprint density at radius 1 is 0.583 bits per heavy atom. The summed E-state index contributed by atoms with van der Waals surface area (Å²) < 4.78 is 0. The normalized spacial score (nSPS) is 17.0. The lowest BCUT2D eigenvalue weighted by Crippen LogP contribution is -1.50. The van der Waals surface area contributed by atoms with Crippen LogP contribution in [0.2, 0.25) is 0 Å². The molecule has 0 nitrogen and oxygen atoms in total. The Kier molecular flexibility index (Phi) is 3.09. The van der Waals surface area contributed by atoms with Crippen LogP contribution in [-0.2, 0) is 0 Å². The average Bonchev–Trinajstić information content (AvgIpc) is 2.63. The summed E-state index contributed by atoms with van der Waals surface area (Å²) in [5.74, 6) is 0. The van der Waals surface area contributed by atoms with E-state index in [-0.39, 0.29) is 0 Å². The Hall–Kier alpha value is -1.56. The van der Waals surface area contributed by atoms with Crippen LogP contribution in [0.15, 0.2) is 72.9 Å². The molecule has 2 aliphatic carbocycles. The van der Waals surface area contributed by atoms with Gasteiger partial charge in [0, 0.05) is 0 Å². The number of hydrogen-bond donors (Lipinski definition) is 0. The number of allylic oxidation sites excluding steroid dienone is 10. The van der Waals surface area contributed by atoms with Crippen molar-refractivity contribution >= 4 is 0 Å². The first kappa shape index (κ1) is 8.54. The lowest BCUT2D eigenvalue weighted by atomic mass is 10.4. The summed E-state index contributed by atoms with van der Waals surface area (Å²) in [6.45, 7) is 7.36. The minimum atomic E-state index is 1.09. The van der Waals surface area contributed by atoms with E-state index in [0.717, 1.165) is 11.1 Å². The van der Waals surface area contributed by atoms with Gasteiger partial charge in [0.1, 0.15) is 0 Å². The molecule has 2 aliphatic rings. The van der Waals surface area contributed by atoms with E-state index in [2.05, 4.69) is 13.2 Å². The molecule has 12 heavy (non-hydrogen) atoms. The highest BCUT2D eigenvalue weighted by Crippen LogP contribution is 2.01. The SMILES string of the molecule is C=C1C=CC=C1.C=C1C=CC=C1. The summed E-state index contributed by atoms with van der Waals surface area (Å²) in [6, 6.07) is 0. The molecular formula is C12H12. The van der Waals surface area contributed by atoms with E-state index in [1.807, 2.05) is 48.6 Å².